The molecule has 9 nitrogen and oxygen atoms in total. The van der Waals surface area contributed by atoms with E-state index in [0.717, 1.165) is 76.8 Å². The second-order valence-electron chi connectivity index (χ2n) is 13.9. The number of allylic oxidation sites excluding steroid dienone is 2. The Labute approximate surface area is 247 Å². The van der Waals surface area contributed by atoms with Crippen LogP contribution in [-0.4, -0.2) is 89.0 Å². The van der Waals surface area contributed by atoms with Gasteiger partial charge in [-0.2, -0.15) is 5.10 Å². The van der Waals surface area contributed by atoms with Crippen molar-refractivity contribution in [1.82, 2.24) is 24.5 Å². The molecule has 0 saturated carbocycles. The van der Waals surface area contributed by atoms with Crippen LogP contribution in [0.3, 0.4) is 0 Å². The Morgan fingerprint density at radius 2 is 2.00 bits per heavy atom. The lowest BCUT2D eigenvalue weighted by molar-refractivity contribution is -0.136. The van der Waals surface area contributed by atoms with Crippen LogP contribution in [0.25, 0.3) is 5.57 Å². The average molecular weight is 572 g/mol. The van der Waals surface area contributed by atoms with Gasteiger partial charge < -0.3 is 24.2 Å². The molecule has 2 atom stereocenters. The number of nitrogens with zero attached hydrogens (tertiary/aromatic N) is 5. The van der Waals surface area contributed by atoms with Gasteiger partial charge in [0.25, 0.3) is 0 Å². The van der Waals surface area contributed by atoms with Crippen molar-refractivity contribution in [1.29, 1.82) is 0 Å². The van der Waals surface area contributed by atoms with Crippen LogP contribution in [0, 0.1) is 11.3 Å². The maximum Gasteiger partial charge on any atom is 0.410 e. The summed E-state index contributed by atoms with van der Waals surface area (Å²) in [6, 6.07) is 0. The molecule has 0 radical (unpaired) electrons. The summed E-state index contributed by atoms with van der Waals surface area (Å²) in [5.41, 5.74) is 2.69. The van der Waals surface area contributed by atoms with E-state index in [0.29, 0.717) is 31.5 Å². The van der Waals surface area contributed by atoms with Gasteiger partial charge >= 0.3 is 6.09 Å². The highest BCUT2D eigenvalue weighted by Crippen LogP contribution is 2.46. The van der Waals surface area contributed by atoms with E-state index >= 15 is 0 Å². The normalized spacial score (nSPS) is 23.5. The summed E-state index contributed by atoms with van der Waals surface area (Å²) in [5, 5.41) is 5.09. The van der Waals surface area contributed by atoms with Gasteiger partial charge in [0.15, 0.2) is 0 Å². The van der Waals surface area contributed by atoms with Crippen LogP contribution in [0.15, 0.2) is 12.3 Å². The van der Waals surface area contributed by atoms with E-state index in [4.69, 9.17) is 14.6 Å². The molecule has 3 heterocycles. The van der Waals surface area contributed by atoms with Crippen molar-refractivity contribution in [3.8, 4) is 0 Å². The SMILES string of the molecule is CC(C)CCN1CCC2(CC=C(c3nn(C4CCCCO4)cc3CN(C)CCN(C)C(=O)OC(C)(C)C)CC2)C1=O. The molecule has 41 heavy (non-hydrogen) atoms. The summed E-state index contributed by atoms with van der Waals surface area (Å²) in [4.78, 5) is 31.8. The summed E-state index contributed by atoms with van der Waals surface area (Å²) in [6.45, 7) is 14.6. The highest BCUT2D eigenvalue weighted by molar-refractivity contribution is 5.86. The molecule has 1 aromatic heterocycles. The maximum absolute atomic E-state index is 13.4. The molecule has 3 aliphatic rings. The zero-order valence-corrected chi connectivity index (χ0v) is 26.6. The fourth-order valence-corrected chi connectivity index (χ4v) is 6.07. The molecule has 1 aromatic rings. The second kappa shape index (κ2) is 13.3. The maximum atomic E-state index is 13.4. The lowest BCUT2D eigenvalue weighted by Gasteiger charge is -2.31. The molecule has 0 bridgehead atoms. The van der Waals surface area contributed by atoms with Crippen molar-refractivity contribution in [2.75, 3.05) is 46.9 Å². The van der Waals surface area contributed by atoms with Gasteiger partial charge in [0.2, 0.25) is 5.91 Å². The number of aromatic nitrogens is 2. The molecule has 1 aliphatic carbocycles. The molecule has 230 valence electrons. The molecular formula is C32H53N5O4. The first kappa shape index (κ1) is 31.5. The van der Waals surface area contributed by atoms with Crippen molar-refractivity contribution in [2.45, 2.75) is 104 Å². The summed E-state index contributed by atoms with van der Waals surface area (Å²) in [5.74, 6) is 0.957. The molecule has 1 spiro atoms. The minimum absolute atomic E-state index is 0.0266. The summed E-state index contributed by atoms with van der Waals surface area (Å²) in [7, 11) is 3.86. The number of ether oxygens (including phenoxy) is 2. The fraction of sp³-hybridized carbons (Fsp3) is 0.781. The predicted octanol–water partition coefficient (Wildman–Crippen LogP) is 5.71. The molecule has 9 heteroatoms. The predicted molar refractivity (Wildman–Crippen MR) is 161 cm³/mol. The van der Waals surface area contributed by atoms with E-state index in [1.165, 1.54) is 11.1 Å². The monoisotopic (exact) mass is 571 g/mol. The summed E-state index contributed by atoms with van der Waals surface area (Å²) < 4.78 is 13.6. The third-order valence-electron chi connectivity index (χ3n) is 8.71. The minimum atomic E-state index is -0.510. The van der Waals surface area contributed by atoms with Crippen LogP contribution in [0.1, 0.15) is 103 Å². The van der Waals surface area contributed by atoms with Crippen molar-refractivity contribution >= 4 is 17.6 Å². The van der Waals surface area contributed by atoms with Gasteiger partial charge in [-0.1, -0.05) is 19.9 Å². The molecule has 2 amide bonds. The topological polar surface area (TPSA) is 80.1 Å². The Morgan fingerprint density at radius 1 is 1.22 bits per heavy atom. The van der Waals surface area contributed by atoms with Crippen LogP contribution in [0.5, 0.6) is 0 Å². The van der Waals surface area contributed by atoms with Gasteiger partial charge in [0, 0.05) is 58.1 Å². The summed E-state index contributed by atoms with van der Waals surface area (Å²) in [6.07, 6.45) is 11.9. The highest BCUT2D eigenvalue weighted by Gasteiger charge is 2.46. The lowest BCUT2D eigenvalue weighted by Crippen LogP contribution is -2.38. The van der Waals surface area contributed by atoms with E-state index in [-0.39, 0.29) is 17.7 Å². The van der Waals surface area contributed by atoms with Crippen LogP contribution in [-0.2, 0) is 20.8 Å². The number of carbonyl (C=O) groups is 2. The molecular weight excluding hydrogens is 518 g/mol. The average Bonchev–Trinajstić information content (AvgIpc) is 3.47. The second-order valence-corrected chi connectivity index (χ2v) is 13.9. The van der Waals surface area contributed by atoms with Gasteiger partial charge in [-0.25, -0.2) is 9.48 Å². The summed E-state index contributed by atoms with van der Waals surface area (Å²) >= 11 is 0. The largest absolute Gasteiger partial charge is 0.444 e. The number of hydrogen-bond acceptors (Lipinski definition) is 6. The number of hydrogen-bond donors (Lipinski definition) is 0. The van der Waals surface area contributed by atoms with Gasteiger partial charge in [-0.15, -0.1) is 0 Å². The molecule has 2 fully saturated rings. The van der Waals surface area contributed by atoms with E-state index in [1.807, 2.05) is 25.5 Å². The number of amides is 2. The van der Waals surface area contributed by atoms with Crippen molar-refractivity contribution in [3.63, 3.8) is 0 Å². The first-order chi connectivity index (χ1) is 19.4. The standard InChI is InChI=1S/C32H53N5O4/c1-24(2)13-17-36-18-16-32(29(36)38)14-11-25(12-15-32)28-26(23-37(33-28)27-10-8-9-21-40-27)22-34(6)19-20-35(7)30(39)41-31(3,4)5/h11,23-24,27H,8-10,12-22H2,1-7H3. The fourth-order valence-electron chi connectivity index (χ4n) is 6.07. The number of rotatable bonds is 10. The van der Waals surface area contributed by atoms with Crippen molar-refractivity contribution in [2.24, 2.45) is 11.3 Å². The Balaban J connectivity index is 1.45. The molecule has 2 unspecified atom stereocenters. The first-order valence-corrected chi connectivity index (χ1v) is 15.7. The van der Waals surface area contributed by atoms with Crippen LogP contribution >= 0.6 is 0 Å². The Bertz CT molecular complexity index is 1080. The first-order valence-electron chi connectivity index (χ1n) is 15.7. The van der Waals surface area contributed by atoms with Gasteiger partial charge in [0.1, 0.15) is 11.8 Å². The third kappa shape index (κ3) is 8.13. The van der Waals surface area contributed by atoms with E-state index in [2.05, 4.69) is 43.0 Å². The van der Waals surface area contributed by atoms with Gasteiger partial charge in [0.05, 0.1) is 11.1 Å². The van der Waals surface area contributed by atoms with E-state index in [1.54, 1.807) is 11.9 Å². The van der Waals surface area contributed by atoms with Gasteiger partial charge in [-0.05, 0) is 90.7 Å². The zero-order chi connectivity index (χ0) is 29.8. The minimum Gasteiger partial charge on any atom is -0.444 e. The molecule has 2 aliphatic heterocycles. The molecule has 0 N–H and O–H groups in total. The van der Waals surface area contributed by atoms with Crippen LogP contribution in [0.2, 0.25) is 0 Å². The Hall–Kier alpha value is -2.39. The third-order valence-corrected chi connectivity index (χ3v) is 8.71. The smallest absolute Gasteiger partial charge is 0.410 e. The zero-order valence-electron chi connectivity index (χ0n) is 26.6. The highest BCUT2D eigenvalue weighted by atomic mass is 16.6. The van der Waals surface area contributed by atoms with Crippen LogP contribution in [0.4, 0.5) is 4.79 Å². The quantitative estimate of drug-likeness (QED) is 0.358. The Kier molecular flexibility index (Phi) is 10.2. The van der Waals surface area contributed by atoms with Crippen molar-refractivity contribution < 1.29 is 19.1 Å². The Morgan fingerprint density at radius 3 is 2.63 bits per heavy atom. The number of carbonyl (C=O) groups excluding carboxylic acids is 2. The van der Waals surface area contributed by atoms with Crippen molar-refractivity contribution in [3.05, 3.63) is 23.5 Å². The van der Waals surface area contributed by atoms with Gasteiger partial charge in [-0.3, -0.25) is 4.79 Å². The van der Waals surface area contributed by atoms with E-state index < -0.39 is 5.60 Å². The number of likely N-dealkylation sites (tertiary alicyclic amines) is 1. The molecule has 0 aromatic carbocycles. The van der Waals surface area contributed by atoms with E-state index in [9.17, 15) is 9.59 Å². The molecule has 2 saturated heterocycles. The molecule has 4 rings (SSSR count). The van der Waals surface area contributed by atoms with Crippen LogP contribution < -0.4 is 0 Å². The number of likely N-dealkylation sites (N-methyl/N-ethyl adjacent to an activating group) is 2. The lowest BCUT2D eigenvalue weighted by atomic mass is 9.73.